The van der Waals surface area contributed by atoms with E-state index in [1.807, 2.05) is 0 Å². The van der Waals surface area contributed by atoms with E-state index < -0.39 is 10.0 Å². The summed E-state index contributed by atoms with van der Waals surface area (Å²) >= 11 is 3.15. The van der Waals surface area contributed by atoms with E-state index in [0.29, 0.717) is 10.3 Å². The lowest BCUT2D eigenvalue weighted by Gasteiger charge is -2.03. The van der Waals surface area contributed by atoms with Crippen molar-refractivity contribution >= 4 is 31.9 Å². The molecular formula is C8H8BrN5O2S. The first-order chi connectivity index (χ1) is 7.97. The second kappa shape index (κ2) is 4.41. The molecule has 2 rings (SSSR count). The number of nitrogens with zero attached hydrogens (tertiary/aromatic N) is 3. The molecule has 0 bridgehead atoms. The minimum absolute atomic E-state index is 0.00229. The maximum absolute atomic E-state index is 11.9. The van der Waals surface area contributed by atoms with Crippen molar-refractivity contribution in [3.05, 3.63) is 28.8 Å². The van der Waals surface area contributed by atoms with Gasteiger partial charge in [-0.2, -0.15) is 4.98 Å². The zero-order valence-corrected chi connectivity index (χ0v) is 11.1. The molecule has 0 saturated carbocycles. The number of anilines is 1. The van der Waals surface area contributed by atoms with Crippen LogP contribution in [0.15, 0.2) is 27.8 Å². The van der Waals surface area contributed by atoms with Crippen molar-refractivity contribution in [1.29, 1.82) is 0 Å². The summed E-state index contributed by atoms with van der Waals surface area (Å²) < 4.78 is 26.6. The third kappa shape index (κ3) is 2.80. The molecule has 0 fully saturated rings. The highest BCUT2D eigenvalue weighted by atomic mass is 79.9. The Bertz CT molecular complexity index is 639. The van der Waals surface area contributed by atoms with Gasteiger partial charge < -0.3 is 0 Å². The Morgan fingerprint density at radius 2 is 2.18 bits per heavy atom. The van der Waals surface area contributed by atoms with Gasteiger partial charge in [0.15, 0.2) is 0 Å². The molecule has 90 valence electrons. The number of aromatic amines is 1. The Labute approximate surface area is 106 Å². The molecule has 0 saturated heterocycles. The van der Waals surface area contributed by atoms with E-state index in [4.69, 9.17) is 0 Å². The number of H-pyrrole nitrogens is 1. The topological polar surface area (TPSA) is 101 Å². The molecule has 0 aliphatic carbocycles. The van der Waals surface area contributed by atoms with E-state index in [9.17, 15) is 8.42 Å². The van der Waals surface area contributed by atoms with Crippen LogP contribution in [-0.4, -0.2) is 28.6 Å². The molecule has 9 heteroatoms. The Morgan fingerprint density at radius 1 is 1.41 bits per heavy atom. The fraction of sp³-hybridized carbons (Fsp3) is 0.125. The summed E-state index contributed by atoms with van der Waals surface area (Å²) in [5.41, 5.74) is 0. The fourth-order valence-electron chi connectivity index (χ4n) is 1.11. The second-order valence-corrected chi connectivity index (χ2v) is 5.79. The summed E-state index contributed by atoms with van der Waals surface area (Å²) in [5.74, 6) is 0.526. The van der Waals surface area contributed by atoms with Crippen molar-refractivity contribution in [3.63, 3.8) is 0 Å². The van der Waals surface area contributed by atoms with Crippen LogP contribution >= 0.6 is 15.9 Å². The lowest BCUT2D eigenvalue weighted by molar-refractivity contribution is 0.600. The second-order valence-electron chi connectivity index (χ2n) is 3.19. The van der Waals surface area contributed by atoms with Crippen molar-refractivity contribution in [2.45, 2.75) is 11.8 Å². The average Bonchev–Trinajstić information content (AvgIpc) is 2.63. The van der Waals surface area contributed by atoms with Gasteiger partial charge in [0.25, 0.3) is 16.0 Å². The highest BCUT2D eigenvalue weighted by Crippen LogP contribution is 2.16. The molecule has 17 heavy (non-hydrogen) atoms. The van der Waals surface area contributed by atoms with Gasteiger partial charge in [0, 0.05) is 16.9 Å². The maximum atomic E-state index is 11.9. The molecule has 2 N–H and O–H groups in total. The van der Waals surface area contributed by atoms with E-state index in [2.05, 4.69) is 40.8 Å². The van der Waals surface area contributed by atoms with Gasteiger partial charge in [0.1, 0.15) is 10.7 Å². The van der Waals surface area contributed by atoms with Gasteiger partial charge in [-0.3, -0.25) is 10.1 Å². The highest BCUT2D eigenvalue weighted by Gasteiger charge is 2.17. The highest BCUT2D eigenvalue weighted by molar-refractivity contribution is 9.10. The number of pyridine rings is 1. The summed E-state index contributed by atoms with van der Waals surface area (Å²) in [5, 5.41) is 6.23. The number of aryl methyl sites for hydroxylation is 1. The van der Waals surface area contributed by atoms with E-state index in [1.54, 1.807) is 6.92 Å². The average molecular weight is 318 g/mol. The summed E-state index contributed by atoms with van der Waals surface area (Å²) in [7, 11) is -3.71. The normalized spacial score (nSPS) is 11.4. The van der Waals surface area contributed by atoms with E-state index in [-0.39, 0.29) is 10.8 Å². The van der Waals surface area contributed by atoms with Crippen LogP contribution in [0, 0.1) is 6.92 Å². The molecule has 0 spiro atoms. The molecule has 0 aliphatic rings. The van der Waals surface area contributed by atoms with Gasteiger partial charge >= 0.3 is 0 Å². The monoisotopic (exact) mass is 317 g/mol. The molecule has 2 aromatic rings. The molecular weight excluding hydrogens is 310 g/mol. The van der Waals surface area contributed by atoms with E-state index in [1.165, 1.54) is 18.5 Å². The molecule has 0 atom stereocenters. The van der Waals surface area contributed by atoms with Crippen molar-refractivity contribution in [2.75, 3.05) is 4.72 Å². The van der Waals surface area contributed by atoms with Gasteiger partial charge in [-0.15, -0.1) is 5.10 Å². The van der Waals surface area contributed by atoms with E-state index >= 15 is 0 Å². The number of rotatable bonds is 3. The molecule has 0 aromatic carbocycles. The first-order valence-corrected chi connectivity index (χ1v) is 6.77. The third-order valence-electron chi connectivity index (χ3n) is 1.81. The number of hydrogen-bond acceptors (Lipinski definition) is 5. The number of sulfonamides is 1. The minimum atomic E-state index is -3.71. The van der Waals surface area contributed by atoms with Gasteiger partial charge in [0.2, 0.25) is 0 Å². The lowest BCUT2D eigenvalue weighted by atomic mass is 10.5. The van der Waals surface area contributed by atoms with Crippen LogP contribution in [0.1, 0.15) is 5.82 Å². The van der Waals surface area contributed by atoms with Crippen LogP contribution in [-0.2, 0) is 10.0 Å². The first kappa shape index (κ1) is 12.0. The molecule has 0 amide bonds. The zero-order valence-electron chi connectivity index (χ0n) is 8.68. The third-order valence-corrected chi connectivity index (χ3v) is 3.54. The summed E-state index contributed by atoms with van der Waals surface area (Å²) in [6, 6.07) is 1.44. The standard InChI is InChI=1S/C8H8BrN5O2S/c1-5-11-8(13-12-5)14-17(15,16)7-2-6(9)3-10-4-7/h2-4H,1H3,(H2,11,12,13,14). The van der Waals surface area contributed by atoms with Crippen molar-refractivity contribution in [1.82, 2.24) is 20.2 Å². The first-order valence-electron chi connectivity index (χ1n) is 4.50. The Morgan fingerprint density at radius 3 is 2.76 bits per heavy atom. The predicted molar refractivity (Wildman–Crippen MR) is 63.9 cm³/mol. The number of nitrogens with one attached hydrogen (secondary N) is 2. The number of hydrogen-bond donors (Lipinski definition) is 2. The number of halogens is 1. The molecule has 2 heterocycles. The molecule has 0 aliphatic heterocycles. The molecule has 2 aromatic heterocycles. The number of aromatic nitrogens is 4. The van der Waals surface area contributed by atoms with Gasteiger partial charge in [-0.1, -0.05) is 0 Å². The van der Waals surface area contributed by atoms with Crippen LogP contribution in [0.2, 0.25) is 0 Å². The molecule has 7 nitrogen and oxygen atoms in total. The Kier molecular flexibility index (Phi) is 3.11. The molecule has 0 unspecified atom stereocenters. The largest absolute Gasteiger partial charge is 0.265 e. The summed E-state index contributed by atoms with van der Waals surface area (Å²) in [6.45, 7) is 1.67. The Hall–Kier alpha value is -1.48. The van der Waals surface area contributed by atoms with Crippen molar-refractivity contribution in [3.8, 4) is 0 Å². The SMILES string of the molecule is Cc1nc(NS(=O)(=O)c2cncc(Br)c2)n[nH]1. The predicted octanol–water partition coefficient (Wildman–Crippen LogP) is 1.07. The Balaban J connectivity index is 2.31. The summed E-state index contributed by atoms with van der Waals surface area (Å²) in [4.78, 5) is 7.67. The van der Waals surface area contributed by atoms with Gasteiger partial charge in [-0.25, -0.2) is 13.1 Å². The smallest absolute Gasteiger partial charge is 0.262 e. The van der Waals surface area contributed by atoms with Gasteiger partial charge in [-0.05, 0) is 28.9 Å². The quantitative estimate of drug-likeness (QED) is 0.881. The van der Waals surface area contributed by atoms with Crippen LogP contribution in [0.25, 0.3) is 0 Å². The van der Waals surface area contributed by atoms with E-state index in [0.717, 1.165) is 0 Å². The van der Waals surface area contributed by atoms with Crippen LogP contribution in [0.5, 0.6) is 0 Å². The summed E-state index contributed by atoms with van der Waals surface area (Å²) in [6.07, 6.45) is 2.74. The fourth-order valence-corrected chi connectivity index (χ4v) is 2.55. The maximum Gasteiger partial charge on any atom is 0.265 e. The zero-order chi connectivity index (χ0) is 12.5. The van der Waals surface area contributed by atoms with Crippen LogP contribution < -0.4 is 4.72 Å². The van der Waals surface area contributed by atoms with Crippen LogP contribution in [0.3, 0.4) is 0 Å². The lowest BCUT2D eigenvalue weighted by Crippen LogP contribution is -2.14. The van der Waals surface area contributed by atoms with Gasteiger partial charge in [0.05, 0.1) is 0 Å². The minimum Gasteiger partial charge on any atom is -0.262 e. The molecule has 0 radical (unpaired) electrons. The van der Waals surface area contributed by atoms with Crippen molar-refractivity contribution in [2.24, 2.45) is 0 Å². The van der Waals surface area contributed by atoms with Crippen LogP contribution in [0.4, 0.5) is 5.95 Å². The van der Waals surface area contributed by atoms with Crippen molar-refractivity contribution < 1.29 is 8.42 Å².